The van der Waals surface area contributed by atoms with Crippen LogP contribution in [0.5, 0.6) is 0 Å². The molecule has 0 unspecified atom stereocenters. The van der Waals surface area contributed by atoms with E-state index in [0.29, 0.717) is 5.56 Å². The Morgan fingerprint density at radius 1 is 0.659 bits per heavy atom. The molecule has 0 aliphatic rings. The first-order valence-corrected chi connectivity index (χ1v) is 13.9. The van der Waals surface area contributed by atoms with Crippen molar-refractivity contribution in [3.8, 4) is 33.6 Å². The number of fused-ring (bicyclic) bond motifs is 3. The molecule has 41 heavy (non-hydrogen) atoms. The largest absolute Gasteiger partial charge is 0.353 e. The van der Waals surface area contributed by atoms with Crippen LogP contribution in [0.15, 0.2) is 85.1 Å². The van der Waals surface area contributed by atoms with Gasteiger partial charge in [0.2, 0.25) is 5.95 Å². The lowest BCUT2D eigenvalue weighted by Gasteiger charge is -2.27. The van der Waals surface area contributed by atoms with E-state index in [2.05, 4.69) is 87.9 Å². The molecular formula is C36H33F2N3. The van der Waals surface area contributed by atoms with Gasteiger partial charge >= 0.3 is 0 Å². The smallest absolute Gasteiger partial charge is 0.216 e. The molecule has 3 aromatic carbocycles. The number of halogens is 2. The van der Waals surface area contributed by atoms with Crippen LogP contribution in [-0.2, 0) is 10.8 Å². The van der Waals surface area contributed by atoms with Crippen LogP contribution < -0.4 is 0 Å². The van der Waals surface area contributed by atoms with Gasteiger partial charge in [0.1, 0.15) is 5.82 Å². The summed E-state index contributed by atoms with van der Waals surface area (Å²) in [4.78, 5) is 12.7. The SMILES string of the molecule is CC(C)(C)c1cnc(-c2cccc3c2[nH]c2c(-c4cccc(-c5cc(F)cc(F)n5)c4)cccc23)c(C(C)(C)C)c1. The fourth-order valence-electron chi connectivity index (χ4n) is 5.51. The third-order valence-electron chi connectivity index (χ3n) is 7.71. The maximum absolute atomic E-state index is 13.9. The maximum Gasteiger partial charge on any atom is 0.216 e. The lowest BCUT2D eigenvalue weighted by molar-refractivity contribution is 0.554. The number of benzene rings is 3. The third-order valence-corrected chi connectivity index (χ3v) is 7.71. The van der Waals surface area contributed by atoms with Gasteiger partial charge in [0, 0.05) is 45.8 Å². The molecule has 0 radical (unpaired) electrons. The van der Waals surface area contributed by atoms with Gasteiger partial charge in [-0.2, -0.15) is 4.39 Å². The summed E-state index contributed by atoms with van der Waals surface area (Å²) in [5.74, 6) is -1.49. The predicted molar refractivity (Wildman–Crippen MR) is 165 cm³/mol. The Balaban J connectivity index is 1.55. The Bertz CT molecular complexity index is 1920. The highest BCUT2D eigenvalue weighted by molar-refractivity contribution is 6.15. The molecule has 0 aliphatic heterocycles. The Labute approximate surface area is 239 Å². The molecule has 3 nitrogen and oxygen atoms in total. The Morgan fingerprint density at radius 3 is 1.95 bits per heavy atom. The molecule has 0 amide bonds. The first-order valence-electron chi connectivity index (χ1n) is 13.9. The zero-order valence-corrected chi connectivity index (χ0v) is 24.2. The summed E-state index contributed by atoms with van der Waals surface area (Å²) in [5, 5.41) is 2.22. The summed E-state index contributed by atoms with van der Waals surface area (Å²) in [6, 6.07) is 24.6. The zero-order valence-electron chi connectivity index (χ0n) is 24.2. The number of nitrogens with zero attached hydrogens (tertiary/aromatic N) is 2. The average molecular weight is 546 g/mol. The Kier molecular flexibility index (Phi) is 6.29. The van der Waals surface area contributed by atoms with Crippen LogP contribution in [-0.4, -0.2) is 15.0 Å². The van der Waals surface area contributed by atoms with Crippen molar-refractivity contribution < 1.29 is 8.78 Å². The number of rotatable bonds is 3. The van der Waals surface area contributed by atoms with Gasteiger partial charge in [0.15, 0.2) is 0 Å². The molecule has 0 aliphatic carbocycles. The summed E-state index contributed by atoms with van der Waals surface area (Å²) in [5.41, 5.74) is 9.20. The minimum Gasteiger partial charge on any atom is -0.353 e. The minimum atomic E-state index is -0.839. The maximum atomic E-state index is 13.9. The second-order valence-electron chi connectivity index (χ2n) is 12.8. The van der Waals surface area contributed by atoms with Crippen molar-refractivity contribution in [1.82, 2.24) is 15.0 Å². The van der Waals surface area contributed by atoms with E-state index >= 15 is 0 Å². The van der Waals surface area contributed by atoms with Gasteiger partial charge in [-0.05, 0) is 33.6 Å². The summed E-state index contributed by atoms with van der Waals surface area (Å²) in [7, 11) is 0. The number of aromatic nitrogens is 3. The topological polar surface area (TPSA) is 41.6 Å². The van der Waals surface area contributed by atoms with E-state index in [0.717, 1.165) is 50.3 Å². The third kappa shape index (κ3) is 4.90. The highest BCUT2D eigenvalue weighted by Gasteiger charge is 2.25. The summed E-state index contributed by atoms with van der Waals surface area (Å²) in [6.07, 6.45) is 2.01. The molecule has 1 N–H and O–H groups in total. The van der Waals surface area contributed by atoms with E-state index in [4.69, 9.17) is 4.98 Å². The zero-order chi connectivity index (χ0) is 29.1. The van der Waals surface area contributed by atoms with E-state index in [-0.39, 0.29) is 16.5 Å². The molecule has 206 valence electrons. The molecule has 0 saturated carbocycles. The van der Waals surface area contributed by atoms with Crippen LogP contribution in [0.2, 0.25) is 0 Å². The molecule has 0 bridgehead atoms. The highest BCUT2D eigenvalue weighted by Crippen LogP contribution is 2.41. The summed E-state index contributed by atoms with van der Waals surface area (Å²) < 4.78 is 27.8. The van der Waals surface area contributed by atoms with Crippen molar-refractivity contribution in [2.45, 2.75) is 52.4 Å². The average Bonchev–Trinajstić information content (AvgIpc) is 3.30. The van der Waals surface area contributed by atoms with Crippen molar-refractivity contribution >= 4 is 21.8 Å². The van der Waals surface area contributed by atoms with Gasteiger partial charge in [-0.3, -0.25) is 4.98 Å². The monoisotopic (exact) mass is 545 g/mol. The molecule has 0 fully saturated rings. The van der Waals surface area contributed by atoms with E-state index in [1.54, 1.807) is 0 Å². The quantitative estimate of drug-likeness (QED) is 0.225. The van der Waals surface area contributed by atoms with Crippen molar-refractivity contribution in [3.63, 3.8) is 0 Å². The molecule has 5 heteroatoms. The van der Waals surface area contributed by atoms with Crippen LogP contribution in [0.25, 0.3) is 55.4 Å². The van der Waals surface area contributed by atoms with E-state index in [1.165, 1.54) is 17.2 Å². The molecule has 3 heterocycles. The molecule has 6 aromatic rings. The van der Waals surface area contributed by atoms with Crippen molar-refractivity contribution in [3.05, 3.63) is 108 Å². The first kappa shape index (κ1) is 26.8. The molecule has 0 spiro atoms. The summed E-state index contributed by atoms with van der Waals surface area (Å²) in [6.45, 7) is 13.3. The molecule has 0 atom stereocenters. The number of hydrogen-bond donors (Lipinski definition) is 1. The highest BCUT2D eigenvalue weighted by atomic mass is 19.1. The van der Waals surface area contributed by atoms with Crippen molar-refractivity contribution in [1.29, 1.82) is 0 Å². The van der Waals surface area contributed by atoms with Crippen molar-refractivity contribution in [2.75, 3.05) is 0 Å². The van der Waals surface area contributed by atoms with E-state index in [9.17, 15) is 8.78 Å². The van der Waals surface area contributed by atoms with Crippen LogP contribution in [0.1, 0.15) is 52.7 Å². The van der Waals surface area contributed by atoms with Crippen LogP contribution in [0, 0.1) is 11.8 Å². The molecule has 0 saturated heterocycles. The van der Waals surface area contributed by atoms with Crippen LogP contribution >= 0.6 is 0 Å². The number of hydrogen-bond acceptors (Lipinski definition) is 2. The number of aromatic amines is 1. The number of H-pyrrole nitrogens is 1. The van der Waals surface area contributed by atoms with Crippen LogP contribution in [0.3, 0.4) is 0 Å². The van der Waals surface area contributed by atoms with Gasteiger partial charge in [-0.15, -0.1) is 0 Å². The van der Waals surface area contributed by atoms with Crippen LogP contribution in [0.4, 0.5) is 8.78 Å². The first-order chi connectivity index (χ1) is 19.4. The fraction of sp³-hybridized carbons (Fsp3) is 0.222. The number of para-hydroxylation sites is 2. The van der Waals surface area contributed by atoms with Gasteiger partial charge in [-0.1, -0.05) is 102 Å². The Hall–Kier alpha value is -4.38. The predicted octanol–water partition coefficient (Wildman–Crippen LogP) is 9.99. The fourth-order valence-corrected chi connectivity index (χ4v) is 5.51. The van der Waals surface area contributed by atoms with Gasteiger partial charge in [0.05, 0.1) is 22.4 Å². The van der Waals surface area contributed by atoms with Gasteiger partial charge < -0.3 is 4.98 Å². The lowest BCUT2D eigenvalue weighted by atomic mass is 9.79. The van der Waals surface area contributed by atoms with Gasteiger partial charge in [0.25, 0.3) is 0 Å². The molecular weight excluding hydrogens is 512 g/mol. The Morgan fingerprint density at radius 2 is 1.29 bits per heavy atom. The number of nitrogens with one attached hydrogen (secondary N) is 1. The molecule has 3 aromatic heterocycles. The normalized spacial score (nSPS) is 12.4. The van der Waals surface area contributed by atoms with E-state index in [1.807, 2.05) is 36.5 Å². The standard InChI is InChI=1S/C36H33F2N3/c1-35(2,3)23-17-29(36(4,5)6)34(39-20-23)28-15-9-14-27-26-13-8-12-25(32(26)41-33(27)28)21-10-7-11-22(16-21)30-18-24(37)19-31(38)40-30/h7-20,41H,1-6H3. The van der Waals surface area contributed by atoms with Gasteiger partial charge in [-0.25, -0.2) is 9.37 Å². The second kappa shape index (κ2) is 9.62. The summed E-state index contributed by atoms with van der Waals surface area (Å²) >= 11 is 0. The number of pyridine rings is 2. The van der Waals surface area contributed by atoms with Crippen molar-refractivity contribution in [2.24, 2.45) is 0 Å². The lowest BCUT2D eigenvalue weighted by Crippen LogP contribution is -2.18. The minimum absolute atomic E-state index is 0.00506. The second-order valence-corrected chi connectivity index (χ2v) is 12.8. The molecule has 6 rings (SSSR count). The van der Waals surface area contributed by atoms with E-state index < -0.39 is 11.8 Å².